The minimum atomic E-state index is -3.74. The molecular weight excluding hydrogens is 300 g/mol. The fourth-order valence-electron chi connectivity index (χ4n) is 1.38. The zero-order valence-corrected chi connectivity index (χ0v) is 13.2. The number of hydrogen-bond donors (Lipinski definition) is 2. The molecule has 1 amide bonds. The van der Waals surface area contributed by atoms with Crippen LogP contribution in [0.25, 0.3) is 0 Å². The summed E-state index contributed by atoms with van der Waals surface area (Å²) in [7, 11) is -3.74. The van der Waals surface area contributed by atoms with Crippen molar-refractivity contribution in [2.45, 2.75) is 24.5 Å². The minimum absolute atomic E-state index is 0.0112. The number of hydrogen-bond acceptors (Lipinski definition) is 5. The molecule has 0 bridgehead atoms. The Labute approximate surface area is 123 Å². The molecule has 0 aliphatic carbocycles. The van der Waals surface area contributed by atoms with E-state index in [-0.39, 0.29) is 10.1 Å². The van der Waals surface area contributed by atoms with Crippen molar-refractivity contribution >= 4 is 27.3 Å². The molecule has 0 fully saturated rings. The fraction of sp³-hybridized carbons (Fsp3) is 0.583. The number of nitrogens with one attached hydrogen (secondary N) is 1. The zero-order chi connectivity index (χ0) is 15.2. The summed E-state index contributed by atoms with van der Waals surface area (Å²) in [4.78, 5) is 11.7. The Morgan fingerprint density at radius 1 is 1.50 bits per heavy atom. The molecule has 1 aromatic heterocycles. The van der Waals surface area contributed by atoms with Crippen molar-refractivity contribution in [1.29, 1.82) is 0 Å². The first kappa shape index (κ1) is 17.1. The molecule has 0 aromatic carbocycles. The highest BCUT2D eigenvalue weighted by Gasteiger charge is 2.14. The fourth-order valence-corrected chi connectivity index (χ4v) is 2.97. The van der Waals surface area contributed by atoms with Gasteiger partial charge < -0.3 is 10.1 Å². The van der Waals surface area contributed by atoms with Crippen LogP contribution in [-0.4, -0.2) is 34.1 Å². The van der Waals surface area contributed by atoms with Crippen molar-refractivity contribution in [3.8, 4) is 0 Å². The highest BCUT2D eigenvalue weighted by molar-refractivity contribution is 7.91. The molecule has 1 aromatic rings. The Morgan fingerprint density at radius 3 is 2.75 bits per heavy atom. The average molecular weight is 320 g/mol. The standard InChI is InChI=1S/C12H20N2O4S2/c1-9(2)7-18-5-3-4-14-12(15)10-6-11(19-8-10)20(13,16)17/h6,8-9H,3-5,7H2,1-2H3,(H,14,15)(H2,13,16,17). The molecule has 0 aliphatic rings. The highest BCUT2D eigenvalue weighted by atomic mass is 32.2. The Balaban J connectivity index is 2.31. The summed E-state index contributed by atoms with van der Waals surface area (Å²) < 4.78 is 27.6. The number of carbonyl (C=O) groups excluding carboxylic acids is 1. The van der Waals surface area contributed by atoms with Crippen molar-refractivity contribution in [3.63, 3.8) is 0 Å². The first-order valence-electron chi connectivity index (χ1n) is 6.28. The number of nitrogens with two attached hydrogens (primary N) is 1. The molecule has 0 spiro atoms. The number of ether oxygens (including phenoxy) is 1. The number of thiophene rings is 1. The molecule has 6 nitrogen and oxygen atoms in total. The summed E-state index contributed by atoms with van der Waals surface area (Å²) in [5, 5.41) is 9.16. The molecule has 0 saturated heterocycles. The Hall–Kier alpha value is -0.960. The molecule has 1 heterocycles. The van der Waals surface area contributed by atoms with Gasteiger partial charge in [-0.1, -0.05) is 13.8 Å². The summed E-state index contributed by atoms with van der Waals surface area (Å²) >= 11 is 0.937. The molecule has 114 valence electrons. The van der Waals surface area contributed by atoms with Crippen LogP contribution >= 0.6 is 11.3 Å². The Bertz CT molecular complexity index is 537. The van der Waals surface area contributed by atoms with Crippen molar-refractivity contribution in [1.82, 2.24) is 5.32 Å². The quantitative estimate of drug-likeness (QED) is 0.703. The van der Waals surface area contributed by atoms with Crippen LogP contribution in [0.1, 0.15) is 30.6 Å². The largest absolute Gasteiger partial charge is 0.381 e. The van der Waals surface area contributed by atoms with Gasteiger partial charge in [-0.25, -0.2) is 13.6 Å². The van der Waals surface area contributed by atoms with E-state index in [1.807, 2.05) is 0 Å². The second-order valence-corrected chi connectivity index (χ2v) is 7.48. The van der Waals surface area contributed by atoms with Gasteiger partial charge in [0.05, 0.1) is 5.56 Å². The van der Waals surface area contributed by atoms with E-state index in [4.69, 9.17) is 9.88 Å². The zero-order valence-electron chi connectivity index (χ0n) is 11.6. The van der Waals surface area contributed by atoms with E-state index < -0.39 is 10.0 Å². The molecule has 0 atom stereocenters. The van der Waals surface area contributed by atoms with Gasteiger partial charge in [0.25, 0.3) is 5.91 Å². The van der Waals surface area contributed by atoms with Crippen LogP contribution in [0.15, 0.2) is 15.7 Å². The molecule has 0 unspecified atom stereocenters. The number of sulfonamides is 1. The van der Waals surface area contributed by atoms with Gasteiger partial charge >= 0.3 is 0 Å². The summed E-state index contributed by atoms with van der Waals surface area (Å²) in [6.07, 6.45) is 0.713. The number of primary sulfonamides is 1. The molecule has 0 aliphatic heterocycles. The maximum Gasteiger partial charge on any atom is 0.252 e. The van der Waals surface area contributed by atoms with Gasteiger partial charge in [-0.05, 0) is 18.4 Å². The van der Waals surface area contributed by atoms with Gasteiger partial charge in [-0.3, -0.25) is 4.79 Å². The third-order valence-electron chi connectivity index (χ3n) is 2.32. The van der Waals surface area contributed by atoms with Crippen LogP contribution < -0.4 is 10.5 Å². The van der Waals surface area contributed by atoms with Gasteiger partial charge in [0.2, 0.25) is 10.0 Å². The van der Waals surface area contributed by atoms with Crippen LogP contribution in [0, 0.1) is 5.92 Å². The minimum Gasteiger partial charge on any atom is -0.381 e. The monoisotopic (exact) mass is 320 g/mol. The van der Waals surface area contributed by atoms with Crippen LogP contribution in [0.3, 0.4) is 0 Å². The normalized spacial score (nSPS) is 11.8. The molecule has 3 N–H and O–H groups in total. The first-order valence-corrected chi connectivity index (χ1v) is 8.70. The summed E-state index contributed by atoms with van der Waals surface area (Å²) in [5.41, 5.74) is 0.308. The van der Waals surface area contributed by atoms with E-state index in [1.165, 1.54) is 11.4 Å². The van der Waals surface area contributed by atoms with E-state index in [0.717, 1.165) is 11.3 Å². The summed E-state index contributed by atoms with van der Waals surface area (Å²) in [6.45, 7) is 5.92. The Kier molecular flexibility index (Phi) is 6.60. The van der Waals surface area contributed by atoms with Crippen LogP contribution in [-0.2, 0) is 14.8 Å². The molecule has 20 heavy (non-hydrogen) atoms. The predicted octanol–water partition coefficient (Wildman–Crippen LogP) is 1.19. The van der Waals surface area contributed by atoms with Crippen molar-refractivity contribution in [2.24, 2.45) is 11.1 Å². The smallest absolute Gasteiger partial charge is 0.252 e. The van der Waals surface area contributed by atoms with Gasteiger partial charge in [-0.2, -0.15) is 0 Å². The van der Waals surface area contributed by atoms with E-state index in [9.17, 15) is 13.2 Å². The van der Waals surface area contributed by atoms with Gasteiger partial charge in [0.1, 0.15) is 4.21 Å². The molecule has 0 saturated carbocycles. The lowest BCUT2D eigenvalue weighted by molar-refractivity contribution is 0.0925. The molecular formula is C12H20N2O4S2. The predicted molar refractivity (Wildman–Crippen MR) is 78.3 cm³/mol. The van der Waals surface area contributed by atoms with E-state index >= 15 is 0 Å². The van der Waals surface area contributed by atoms with E-state index in [1.54, 1.807) is 0 Å². The number of amides is 1. The number of carbonyl (C=O) groups is 1. The third kappa shape index (κ3) is 6.00. The lowest BCUT2D eigenvalue weighted by Crippen LogP contribution is -2.25. The second-order valence-electron chi connectivity index (χ2n) is 4.78. The lowest BCUT2D eigenvalue weighted by atomic mass is 10.2. The van der Waals surface area contributed by atoms with E-state index in [2.05, 4.69) is 19.2 Å². The van der Waals surface area contributed by atoms with Crippen molar-refractivity contribution < 1.29 is 17.9 Å². The molecule has 8 heteroatoms. The SMILES string of the molecule is CC(C)COCCCNC(=O)c1csc(S(N)(=O)=O)c1. The van der Waals surface area contributed by atoms with Crippen LogP contribution in [0.2, 0.25) is 0 Å². The lowest BCUT2D eigenvalue weighted by Gasteiger charge is -2.07. The van der Waals surface area contributed by atoms with Gasteiger partial charge in [-0.15, -0.1) is 11.3 Å². The summed E-state index contributed by atoms with van der Waals surface area (Å²) in [6, 6.07) is 1.28. The third-order valence-corrected chi connectivity index (χ3v) is 4.71. The summed E-state index contributed by atoms with van der Waals surface area (Å²) in [5.74, 6) is 0.187. The average Bonchev–Trinajstić information content (AvgIpc) is 2.82. The van der Waals surface area contributed by atoms with Gasteiger partial charge in [0.15, 0.2) is 0 Å². The van der Waals surface area contributed by atoms with Crippen molar-refractivity contribution in [2.75, 3.05) is 19.8 Å². The highest BCUT2D eigenvalue weighted by Crippen LogP contribution is 2.18. The van der Waals surface area contributed by atoms with E-state index in [0.29, 0.717) is 37.7 Å². The second kappa shape index (κ2) is 7.72. The topological polar surface area (TPSA) is 98.5 Å². The maximum atomic E-state index is 11.7. The van der Waals surface area contributed by atoms with Crippen LogP contribution in [0.4, 0.5) is 0 Å². The van der Waals surface area contributed by atoms with Gasteiger partial charge in [0, 0.05) is 25.1 Å². The molecule has 1 rings (SSSR count). The Morgan fingerprint density at radius 2 is 2.20 bits per heavy atom. The number of rotatable bonds is 8. The van der Waals surface area contributed by atoms with Crippen molar-refractivity contribution in [3.05, 3.63) is 17.0 Å². The maximum absolute atomic E-state index is 11.7. The van der Waals surface area contributed by atoms with Crippen LogP contribution in [0.5, 0.6) is 0 Å². The molecule has 0 radical (unpaired) electrons. The first-order chi connectivity index (χ1) is 9.30.